The lowest BCUT2D eigenvalue weighted by Gasteiger charge is -2.27. The molecule has 0 aromatic heterocycles. The predicted molar refractivity (Wildman–Crippen MR) is 81.3 cm³/mol. The van der Waals surface area contributed by atoms with Gasteiger partial charge in [0, 0.05) is 31.1 Å². The Morgan fingerprint density at radius 2 is 2.00 bits per heavy atom. The van der Waals surface area contributed by atoms with Crippen LogP contribution in [0, 0.1) is 5.92 Å². The molecule has 1 aromatic rings. The van der Waals surface area contributed by atoms with Gasteiger partial charge < -0.3 is 24.4 Å². The van der Waals surface area contributed by atoms with Crippen molar-refractivity contribution in [2.75, 3.05) is 26.9 Å². The molecule has 0 radical (unpaired) electrons. The van der Waals surface area contributed by atoms with Crippen LogP contribution in [0.2, 0.25) is 0 Å². The predicted octanol–water partition coefficient (Wildman–Crippen LogP) is 1.97. The van der Waals surface area contributed by atoms with Gasteiger partial charge >= 0.3 is 6.61 Å². The zero-order valence-corrected chi connectivity index (χ0v) is 13.4. The largest absolute Gasteiger partial charge is 0.454 e. The minimum atomic E-state index is -2.95. The molecule has 2 aliphatic heterocycles. The molecule has 1 N–H and O–H groups in total. The summed E-state index contributed by atoms with van der Waals surface area (Å²) >= 11 is 0. The first-order valence-electron chi connectivity index (χ1n) is 7.87. The molecule has 0 spiro atoms. The molecule has 6 nitrogen and oxygen atoms in total. The Labute approximate surface area is 138 Å². The van der Waals surface area contributed by atoms with Crippen molar-refractivity contribution >= 4 is 5.91 Å². The molecule has 1 aromatic carbocycles. The minimum Gasteiger partial charge on any atom is -0.454 e. The zero-order chi connectivity index (χ0) is 17.1. The molecule has 0 aliphatic carbocycles. The maximum atomic E-state index is 12.7. The SMILES string of the molecule is CN(Cc1cc2c(cc1OC(F)F)OCO2)C(=O)C1CCNCC1. The van der Waals surface area contributed by atoms with E-state index >= 15 is 0 Å². The molecule has 1 fully saturated rings. The van der Waals surface area contributed by atoms with E-state index in [0.717, 1.165) is 25.9 Å². The minimum absolute atomic E-state index is 0.000731. The molecule has 2 aliphatic rings. The number of halogens is 2. The summed E-state index contributed by atoms with van der Waals surface area (Å²) in [5, 5.41) is 3.21. The Kier molecular flexibility index (Phi) is 5.03. The monoisotopic (exact) mass is 342 g/mol. The Bertz CT molecular complexity index is 606. The van der Waals surface area contributed by atoms with E-state index in [4.69, 9.17) is 9.47 Å². The van der Waals surface area contributed by atoms with Gasteiger partial charge in [-0.1, -0.05) is 0 Å². The number of nitrogens with one attached hydrogen (secondary N) is 1. The molecular formula is C16H20F2N2O4. The number of carbonyl (C=O) groups excluding carboxylic acids is 1. The Hall–Kier alpha value is -2.09. The number of fused-ring (bicyclic) bond motifs is 1. The molecule has 2 heterocycles. The van der Waals surface area contributed by atoms with Gasteiger partial charge in [-0.05, 0) is 32.0 Å². The summed E-state index contributed by atoms with van der Waals surface area (Å²) in [6, 6.07) is 2.97. The number of rotatable bonds is 5. The standard InChI is InChI=1S/C16H20F2N2O4/c1-20(15(21)10-2-4-19-5-3-10)8-11-6-13-14(23-9-22-13)7-12(11)24-16(17)18/h6-7,10,16,19H,2-5,8-9H2,1H3. The highest BCUT2D eigenvalue weighted by atomic mass is 19.3. The molecule has 0 unspecified atom stereocenters. The lowest BCUT2D eigenvalue weighted by atomic mass is 9.96. The summed E-state index contributed by atoms with van der Waals surface area (Å²) in [7, 11) is 1.67. The number of carbonyl (C=O) groups is 1. The summed E-state index contributed by atoms with van der Waals surface area (Å²) < 4.78 is 40.4. The van der Waals surface area contributed by atoms with Crippen LogP contribution < -0.4 is 19.5 Å². The van der Waals surface area contributed by atoms with Gasteiger partial charge in [-0.15, -0.1) is 0 Å². The number of benzene rings is 1. The lowest BCUT2D eigenvalue weighted by Crippen LogP contribution is -2.39. The van der Waals surface area contributed by atoms with Crippen molar-refractivity contribution < 1.29 is 27.8 Å². The fourth-order valence-corrected chi connectivity index (χ4v) is 3.01. The van der Waals surface area contributed by atoms with Crippen molar-refractivity contribution in [2.45, 2.75) is 26.0 Å². The quantitative estimate of drug-likeness (QED) is 0.887. The van der Waals surface area contributed by atoms with Gasteiger partial charge in [0.05, 0.1) is 0 Å². The maximum absolute atomic E-state index is 12.7. The maximum Gasteiger partial charge on any atom is 0.387 e. The van der Waals surface area contributed by atoms with Gasteiger partial charge in [-0.25, -0.2) is 0 Å². The van der Waals surface area contributed by atoms with Crippen molar-refractivity contribution in [2.24, 2.45) is 5.92 Å². The van der Waals surface area contributed by atoms with Crippen LogP contribution in [0.3, 0.4) is 0 Å². The van der Waals surface area contributed by atoms with Crippen LogP contribution in [0.25, 0.3) is 0 Å². The van der Waals surface area contributed by atoms with E-state index in [1.807, 2.05) is 0 Å². The first-order valence-corrected chi connectivity index (χ1v) is 7.87. The summed E-state index contributed by atoms with van der Waals surface area (Å²) in [6.07, 6.45) is 1.56. The third-order valence-corrected chi connectivity index (χ3v) is 4.24. The average molecular weight is 342 g/mol. The number of nitrogens with zero attached hydrogens (tertiary/aromatic N) is 1. The molecule has 1 saturated heterocycles. The smallest absolute Gasteiger partial charge is 0.387 e. The first kappa shape index (κ1) is 16.8. The molecular weight excluding hydrogens is 322 g/mol. The number of hydrogen-bond donors (Lipinski definition) is 1. The highest BCUT2D eigenvalue weighted by molar-refractivity contribution is 5.78. The van der Waals surface area contributed by atoms with Crippen molar-refractivity contribution in [1.82, 2.24) is 10.2 Å². The van der Waals surface area contributed by atoms with Crippen LogP contribution in [-0.4, -0.2) is 44.3 Å². The van der Waals surface area contributed by atoms with E-state index < -0.39 is 6.61 Å². The van der Waals surface area contributed by atoms with E-state index in [0.29, 0.717) is 17.1 Å². The Morgan fingerprint density at radius 1 is 1.33 bits per heavy atom. The topological polar surface area (TPSA) is 60.0 Å². The van der Waals surface area contributed by atoms with E-state index in [9.17, 15) is 13.6 Å². The highest BCUT2D eigenvalue weighted by Crippen LogP contribution is 2.39. The molecule has 3 rings (SSSR count). The summed E-state index contributed by atoms with van der Waals surface area (Å²) in [6.45, 7) is -1.12. The van der Waals surface area contributed by atoms with Crippen LogP contribution in [0.5, 0.6) is 17.2 Å². The zero-order valence-electron chi connectivity index (χ0n) is 13.4. The van der Waals surface area contributed by atoms with E-state index in [1.165, 1.54) is 6.07 Å². The van der Waals surface area contributed by atoms with Gasteiger partial charge in [-0.2, -0.15) is 8.78 Å². The number of amides is 1. The second-order valence-electron chi connectivity index (χ2n) is 5.91. The average Bonchev–Trinajstić information content (AvgIpc) is 3.01. The van der Waals surface area contributed by atoms with Crippen molar-refractivity contribution in [3.63, 3.8) is 0 Å². The van der Waals surface area contributed by atoms with Gasteiger partial charge in [0.2, 0.25) is 12.7 Å². The van der Waals surface area contributed by atoms with Crippen LogP contribution in [-0.2, 0) is 11.3 Å². The molecule has 1 amide bonds. The van der Waals surface area contributed by atoms with Crippen LogP contribution in [0.1, 0.15) is 18.4 Å². The molecule has 0 atom stereocenters. The van der Waals surface area contributed by atoms with Crippen molar-refractivity contribution in [3.05, 3.63) is 17.7 Å². The van der Waals surface area contributed by atoms with Gasteiger partial charge in [0.1, 0.15) is 5.75 Å². The van der Waals surface area contributed by atoms with Crippen LogP contribution >= 0.6 is 0 Å². The number of alkyl halides is 2. The molecule has 0 saturated carbocycles. The fourth-order valence-electron chi connectivity index (χ4n) is 3.01. The number of piperidine rings is 1. The lowest BCUT2D eigenvalue weighted by molar-refractivity contribution is -0.135. The van der Waals surface area contributed by atoms with Gasteiger partial charge in [0.25, 0.3) is 0 Å². The number of hydrogen-bond acceptors (Lipinski definition) is 5. The second-order valence-corrected chi connectivity index (χ2v) is 5.91. The summed E-state index contributed by atoms with van der Waals surface area (Å²) in [4.78, 5) is 14.1. The molecule has 132 valence electrons. The third-order valence-electron chi connectivity index (χ3n) is 4.24. The molecule has 24 heavy (non-hydrogen) atoms. The van der Waals surface area contributed by atoms with E-state index in [1.54, 1.807) is 18.0 Å². The van der Waals surface area contributed by atoms with E-state index in [2.05, 4.69) is 10.1 Å². The van der Waals surface area contributed by atoms with Crippen LogP contribution in [0.4, 0.5) is 8.78 Å². The summed E-state index contributed by atoms with van der Waals surface area (Å²) in [5.41, 5.74) is 0.462. The molecule has 8 heteroatoms. The van der Waals surface area contributed by atoms with Crippen molar-refractivity contribution in [1.29, 1.82) is 0 Å². The second kappa shape index (κ2) is 7.21. The van der Waals surface area contributed by atoms with Crippen molar-refractivity contribution in [3.8, 4) is 17.2 Å². The first-order chi connectivity index (χ1) is 11.5. The van der Waals surface area contributed by atoms with Gasteiger partial charge in [-0.3, -0.25) is 4.79 Å². The van der Waals surface area contributed by atoms with Crippen LogP contribution in [0.15, 0.2) is 12.1 Å². The van der Waals surface area contributed by atoms with Gasteiger partial charge in [0.15, 0.2) is 11.5 Å². The third kappa shape index (κ3) is 3.69. The summed E-state index contributed by atoms with van der Waals surface area (Å²) in [5.74, 6) is 0.803. The highest BCUT2D eigenvalue weighted by Gasteiger charge is 2.26. The Balaban J connectivity index is 1.76. The Morgan fingerprint density at radius 3 is 2.67 bits per heavy atom. The van der Waals surface area contributed by atoms with E-state index in [-0.39, 0.29) is 30.9 Å². The fraction of sp³-hybridized carbons (Fsp3) is 0.562. The normalized spacial score (nSPS) is 17.2. The number of ether oxygens (including phenoxy) is 3. The molecule has 0 bridgehead atoms.